The van der Waals surface area contributed by atoms with Crippen LogP contribution in [-0.2, 0) is 21.3 Å². The number of unbranched alkanes of at least 4 members (excludes halogenated alkanes) is 15. The van der Waals surface area contributed by atoms with E-state index >= 15 is 0 Å². The Labute approximate surface area is 288 Å². The van der Waals surface area contributed by atoms with Crippen LogP contribution in [-0.4, -0.2) is 60.2 Å². The van der Waals surface area contributed by atoms with Crippen LogP contribution in [0.15, 0.2) is 42.6 Å². The van der Waals surface area contributed by atoms with Crippen molar-refractivity contribution < 1.29 is 22.5 Å². The monoisotopic (exact) mass is 686 g/mol. The second-order valence-corrected chi connectivity index (χ2v) is 14.9. The first-order valence-electron chi connectivity index (χ1n) is 18.4. The standard InChI is InChI=1S/C36H59N7O4S/c1-3-4-5-6-7-8-9-10-11-12-13-14-15-16-17-20-26-37-36(44)47-31-34(43-32(2)39-40-41-43)30-38-48(45,46)29-22-28-42-27-21-24-33-23-18-19-25-35(33)42/h18-19,21,23-25,27,34,38H,3-17,20,22,26,28-31H2,1-2H3/p+1. The van der Waals surface area contributed by atoms with Gasteiger partial charge in [-0.15, -0.1) is 5.10 Å². The summed E-state index contributed by atoms with van der Waals surface area (Å²) in [6.45, 7) is 5.05. The minimum absolute atomic E-state index is 0.00201. The first-order valence-corrected chi connectivity index (χ1v) is 20.0. The van der Waals surface area contributed by atoms with Gasteiger partial charge >= 0.3 is 6.09 Å². The van der Waals surface area contributed by atoms with Crippen molar-refractivity contribution in [3.63, 3.8) is 0 Å². The van der Waals surface area contributed by atoms with E-state index in [-0.39, 0.29) is 18.9 Å². The normalized spacial score (nSPS) is 12.4. The predicted molar refractivity (Wildman–Crippen MR) is 191 cm³/mol. The Balaban J connectivity index is 1.25. The van der Waals surface area contributed by atoms with Gasteiger partial charge in [-0.3, -0.25) is 0 Å². The van der Waals surface area contributed by atoms with Gasteiger partial charge in [-0.2, -0.15) is 4.57 Å². The third-order valence-electron chi connectivity index (χ3n) is 8.85. The number of ether oxygens (including phenoxy) is 1. The summed E-state index contributed by atoms with van der Waals surface area (Å²) in [4.78, 5) is 12.4. The summed E-state index contributed by atoms with van der Waals surface area (Å²) in [7, 11) is -3.58. The molecule has 1 unspecified atom stereocenters. The minimum atomic E-state index is -3.58. The number of hydrogen-bond acceptors (Lipinski definition) is 7. The molecule has 1 amide bonds. The Morgan fingerprint density at radius 3 is 2.08 bits per heavy atom. The van der Waals surface area contributed by atoms with Crippen molar-refractivity contribution in [2.24, 2.45) is 0 Å². The van der Waals surface area contributed by atoms with Crippen LogP contribution < -0.4 is 14.6 Å². The number of alkyl carbamates (subject to hydrolysis) is 1. The third kappa shape index (κ3) is 15.9. The zero-order chi connectivity index (χ0) is 34.3. The predicted octanol–water partition coefficient (Wildman–Crippen LogP) is 6.96. The quantitative estimate of drug-likeness (QED) is 0.0655. The highest BCUT2D eigenvalue weighted by Crippen LogP contribution is 2.14. The first kappa shape index (κ1) is 39.3. The average Bonchev–Trinajstić information content (AvgIpc) is 3.51. The van der Waals surface area contributed by atoms with Gasteiger partial charge in [0.05, 0.1) is 5.75 Å². The van der Waals surface area contributed by atoms with Gasteiger partial charge < -0.3 is 10.1 Å². The number of tetrazole rings is 1. The van der Waals surface area contributed by atoms with Crippen LogP contribution >= 0.6 is 0 Å². The van der Waals surface area contributed by atoms with E-state index in [1.54, 1.807) is 6.92 Å². The molecule has 2 heterocycles. The van der Waals surface area contributed by atoms with Gasteiger partial charge in [0, 0.05) is 37.0 Å². The molecule has 3 aromatic rings. The maximum atomic E-state index is 12.9. The largest absolute Gasteiger partial charge is 0.447 e. The molecule has 0 aliphatic heterocycles. The summed E-state index contributed by atoms with van der Waals surface area (Å²) in [5, 5.41) is 15.5. The Morgan fingerprint density at radius 2 is 1.46 bits per heavy atom. The van der Waals surface area contributed by atoms with Crippen molar-refractivity contribution in [2.45, 2.75) is 136 Å². The molecular formula is C36H60N7O4S+. The smallest absolute Gasteiger partial charge is 0.407 e. The second kappa shape index (κ2) is 23.3. The van der Waals surface area contributed by atoms with Crippen LogP contribution in [0.25, 0.3) is 10.9 Å². The fraction of sp³-hybridized carbons (Fsp3) is 0.694. The number of aryl methyl sites for hydroxylation is 2. The Hall–Kier alpha value is -3.12. The van der Waals surface area contributed by atoms with Crippen LogP contribution in [0, 0.1) is 6.92 Å². The van der Waals surface area contributed by atoms with Crippen LogP contribution in [0.1, 0.15) is 128 Å². The highest BCUT2D eigenvalue weighted by atomic mass is 32.2. The van der Waals surface area contributed by atoms with E-state index in [9.17, 15) is 13.2 Å². The molecule has 0 saturated carbocycles. The number of para-hydroxylation sites is 1. The van der Waals surface area contributed by atoms with Crippen molar-refractivity contribution >= 4 is 27.0 Å². The number of carbonyl (C=O) groups is 1. The lowest BCUT2D eigenvalue weighted by Crippen LogP contribution is -2.38. The van der Waals surface area contributed by atoms with E-state index in [1.807, 2.05) is 42.6 Å². The van der Waals surface area contributed by atoms with Crippen molar-refractivity contribution in [1.82, 2.24) is 30.2 Å². The van der Waals surface area contributed by atoms with Crippen LogP contribution in [0.4, 0.5) is 4.79 Å². The summed E-state index contributed by atoms with van der Waals surface area (Å²) in [6.07, 6.45) is 22.7. The molecule has 48 heavy (non-hydrogen) atoms. The molecule has 0 radical (unpaired) electrons. The van der Waals surface area contributed by atoms with Gasteiger partial charge in [-0.25, -0.2) is 22.6 Å². The molecule has 0 spiro atoms. The van der Waals surface area contributed by atoms with Crippen LogP contribution in [0.5, 0.6) is 0 Å². The molecular weight excluding hydrogens is 627 g/mol. The molecule has 268 valence electrons. The summed E-state index contributed by atoms with van der Waals surface area (Å²) < 4.78 is 37.4. The topological polar surface area (TPSA) is 132 Å². The van der Waals surface area contributed by atoms with E-state index in [0.29, 0.717) is 25.3 Å². The molecule has 12 heteroatoms. The van der Waals surface area contributed by atoms with Crippen molar-refractivity contribution in [3.8, 4) is 0 Å². The Kier molecular flexibility index (Phi) is 19.1. The third-order valence-corrected chi connectivity index (χ3v) is 10.3. The number of benzene rings is 1. The number of nitrogens with one attached hydrogen (secondary N) is 2. The second-order valence-electron chi connectivity index (χ2n) is 12.9. The average molecular weight is 687 g/mol. The summed E-state index contributed by atoms with van der Waals surface area (Å²) in [5.41, 5.74) is 1.06. The van der Waals surface area contributed by atoms with Crippen LogP contribution in [0.3, 0.4) is 0 Å². The zero-order valence-electron chi connectivity index (χ0n) is 29.5. The van der Waals surface area contributed by atoms with E-state index in [4.69, 9.17) is 4.74 Å². The number of sulfonamides is 1. The minimum Gasteiger partial charge on any atom is -0.447 e. The number of aromatic nitrogens is 5. The molecule has 3 rings (SSSR count). The Morgan fingerprint density at radius 1 is 0.854 bits per heavy atom. The number of amides is 1. The number of pyridine rings is 1. The molecule has 2 N–H and O–H groups in total. The molecule has 0 aliphatic rings. The van der Waals surface area contributed by atoms with Gasteiger partial charge in [0.15, 0.2) is 6.20 Å². The molecule has 11 nitrogen and oxygen atoms in total. The number of nitrogens with zero attached hydrogens (tertiary/aromatic N) is 5. The van der Waals surface area contributed by atoms with Crippen molar-refractivity contribution in [2.75, 3.05) is 25.4 Å². The lowest BCUT2D eigenvalue weighted by Gasteiger charge is -2.18. The molecule has 2 aromatic heterocycles. The Bertz CT molecular complexity index is 1410. The van der Waals surface area contributed by atoms with E-state index < -0.39 is 22.2 Å². The molecule has 0 aliphatic carbocycles. The maximum absolute atomic E-state index is 12.9. The lowest BCUT2D eigenvalue weighted by molar-refractivity contribution is -0.671. The lowest BCUT2D eigenvalue weighted by atomic mass is 10.0. The fourth-order valence-corrected chi connectivity index (χ4v) is 7.11. The van der Waals surface area contributed by atoms with E-state index in [0.717, 1.165) is 23.7 Å². The summed E-state index contributed by atoms with van der Waals surface area (Å²) in [6, 6.07) is 11.4. The molecule has 0 fully saturated rings. The highest BCUT2D eigenvalue weighted by molar-refractivity contribution is 7.89. The molecule has 1 aromatic carbocycles. The van der Waals surface area contributed by atoms with Gasteiger partial charge in [0.2, 0.25) is 15.5 Å². The summed E-state index contributed by atoms with van der Waals surface area (Å²) in [5.74, 6) is 0.467. The van der Waals surface area contributed by atoms with Gasteiger partial charge in [0.1, 0.15) is 25.0 Å². The highest BCUT2D eigenvalue weighted by Gasteiger charge is 2.21. The number of carbonyl (C=O) groups excluding carboxylic acids is 1. The molecule has 1 atom stereocenters. The van der Waals surface area contributed by atoms with Crippen molar-refractivity contribution in [3.05, 3.63) is 48.4 Å². The molecule has 0 bridgehead atoms. The number of hydrogen-bond donors (Lipinski definition) is 2. The number of rotatable bonds is 27. The number of fused-ring (bicyclic) bond motifs is 1. The molecule has 0 saturated heterocycles. The maximum Gasteiger partial charge on any atom is 0.407 e. The van der Waals surface area contributed by atoms with Gasteiger partial charge in [-0.1, -0.05) is 115 Å². The van der Waals surface area contributed by atoms with Gasteiger partial charge in [0.25, 0.3) is 0 Å². The van der Waals surface area contributed by atoms with E-state index in [1.165, 1.54) is 94.6 Å². The summed E-state index contributed by atoms with van der Waals surface area (Å²) >= 11 is 0. The van der Waals surface area contributed by atoms with Crippen molar-refractivity contribution in [1.29, 1.82) is 0 Å². The first-order chi connectivity index (χ1) is 23.4. The SMILES string of the molecule is CCCCCCCCCCCCCCCCCCNC(=O)OCC(CNS(=O)(=O)CCC[n+]1cccc2ccccc21)n1nnnc1C. The fourth-order valence-electron chi connectivity index (χ4n) is 6.01. The van der Waals surface area contributed by atoms with Gasteiger partial charge in [-0.05, 0) is 35.9 Å². The van der Waals surface area contributed by atoms with E-state index in [2.05, 4.69) is 37.1 Å². The van der Waals surface area contributed by atoms with Crippen LogP contribution in [0.2, 0.25) is 0 Å². The zero-order valence-corrected chi connectivity index (χ0v) is 30.3.